The van der Waals surface area contributed by atoms with Crippen LogP contribution in [0.15, 0.2) is 29.3 Å². The summed E-state index contributed by atoms with van der Waals surface area (Å²) in [6.45, 7) is 7.36. The summed E-state index contributed by atoms with van der Waals surface area (Å²) in [7, 11) is 0. The fourth-order valence-electron chi connectivity index (χ4n) is 3.11. The molecule has 1 amide bonds. The average Bonchev–Trinajstić information content (AvgIpc) is 3.10. The minimum atomic E-state index is 0.232. The Hall–Kier alpha value is -2.04. The summed E-state index contributed by atoms with van der Waals surface area (Å²) < 4.78 is 0. The van der Waals surface area contributed by atoms with Gasteiger partial charge in [0, 0.05) is 38.6 Å². The van der Waals surface area contributed by atoms with Gasteiger partial charge in [0.25, 0.3) is 0 Å². The van der Waals surface area contributed by atoms with Gasteiger partial charge in [-0.3, -0.25) is 9.79 Å². The van der Waals surface area contributed by atoms with Gasteiger partial charge >= 0.3 is 0 Å². The van der Waals surface area contributed by atoms with E-state index in [1.54, 1.807) is 0 Å². The van der Waals surface area contributed by atoms with Crippen molar-refractivity contribution in [3.05, 3.63) is 35.4 Å². The van der Waals surface area contributed by atoms with E-state index in [4.69, 9.17) is 0 Å². The number of hydrogen-bond acceptors (Lipinski definition) is 2. The van der Waals surface area contributed by atoms with Crippen LogP contribution in [0.25, 0.3) is 0 Å². The molecule has 2 aliphatic rings. The number of carbonyl (C=O) groups excluding carboxylic acids is 1. The predicted octanol–water partition coefficient (Wildman–Crippen LogP) is 2.27. The van der Waals surface area contributed by atoms with Crippen molar-refractivity contribution < 1.29 is 4.79 Å². The molecule has 0 spiro atoms. The van der Waals surface area contributed by atoms with Crippen LogP contribution in [0.2, 0.25) is 0 Å². The van der Waals surface area contributed by atoms with E-state index in [2.05, 4.69) is 41.6 Å². The van der Waals surface area contributed by atoms with E-state index < -0.39 is 0 Å². The van der Waals surface area contributed by atoms with E-state index in [9.17, 15) is 4.79 Å². The molecule has 2 unspecified atom stereocenters. The van der Waals surface area contributed by atoms with Gasteiger partial charge in [0.05, 0.1) is 0 Å². The Bertz CT molecular complexity index is 588. The minimum absolute atomic E-state index is 0.232. The number of benzene rings is 1. The van der Waals surface area contributed by atoms with E-state index >= 15 is 0 Å². The van der Waals surface area contributed by atoms with Crippen molar-refractivity contribution in [2.45, 2.75) is 52.2 Å². The maximum absolute atomic E-state index is 12.4. The Morgan fingerprint density at radius 2 is 1.96 bits per heavy atom. The third-order valence-electron chi connectivity index (χ3n) is 4.79. The molecule has 1 saturated carbocycles. The first-order chi connectivity index (χ1) is 11.7. The Morgan fingerprint density at radius 1 is 1.29 bits per heavy atom. The molecule has 0 aromatic heterocycles. The predicted molar refractivity (Wildman–Crippen MR) is 96.6 cm³/mol. The Balaban J connectivity index is 1.41. The van der Waals surface area contributed by atoms with Crippen LogP contribution in [0.3, 0.4) is 0 Å². The van der Waals surface area contributed by atoms with Crippen molar-refractivity contribution in [1.29, 1.82) is 0 Å². The Kier molecular flexibility index (Phi) is 5.38. The first kappa shape index (κ1) is 16.8. The van der Waals surface area contributed by atoms with Gasteiger partial charge in [-0.2, -0.15) is 0 Å². The first-order valence-electron chi connectivity index (χ1n) is 9.06. The zero-order chi connectivity index (χ0) is 16.9. The number of aliphatic imine (C=N–C) groups is 1. The highest BCUT2D eigenvalue weighted by molar-refractivity contribution is 5.80. The van der Waals surface area contributed by atoms with Crippen LogP contribution in [0.1, 0.15) is 44.2 Å². The number of guanidine groups is 1. The van der Waals surface area contributed by atoms with Crippen LogP contribution in [0.5, 0.6) is 0 Å². The summed E-state index contributed by atoms with van der Waals surface area (Å²) in [6.07, 6.45) is 2.58. The van der Waals surface area contributed by atoms with Crippen LogP contribution >= 0.6 is 0 Å². The smallest absolute Gasteiger partial charge is 0.223 e. The molecule has 24 heavy (non-hydrogen) atoms. The lowest BCUT2D eigenvalue weighted by atomic mass is 10.1. The number of hydrogen-bond donors (Lipinski definition) is 2. The molecule has 1 fully saturated rings. The molecule has 0 bridgehead atoms. The largest absolute Gasteiger partial charge is 0.357 e. The molecule has 5 nitrogen and oxygen atoms in total. The van der Waals surface area contributed by atoms with Crippen molar-refractivity contribution in [3.8, 4) is 0 Å². The first-order valence-corrected chi connectivity index (χ1v) is 9.06. The summed E-state index contributed by atoms with van der Waals surface area (Å²) in [5, 5.41) is 6.71. The molecule has 0 saturated heterocycles. The Labute approximate surface area is 144 Å². The molecule has 1 aromatic carbocycles. The summed E-state index contributed by atoms with van der Waals surface area (Å²) in [5.74, 6) is 1.86. The number of nitrogens with zero attached hydrogens (tertiary/aromatic N) is 2. The quantitative estimate of drug-likeness (QED) is 0.478. The molecule has 2 N–H and O–H groups in total. The number of amides is 1. The van der Waals surface area contributed by atoms with Gasteiger partial charge in [0.1, 0.15) is 0 Å². The van der Waals surface area contributed by atoms with Gasteiger partial charge in [-0.15, -0.1) is 0 Å². The van der Waals surface area contributed by atoms with Crippen LogP contribution < -0.4 is 10.6 Å². The normalized spacial score (nSPS) is 22.2. The van der Waals surface area contributed by atoms with Crippen molar-refractivity contribution >= 4 is 11.9 Å². The van der Waals surface area contributed by atoms with Gasteiger partial charge in [-0.25, -0.2) is 0 Å². The number of fused-ring (bicyclic) bond motifs is 1. The number of rotatable bonds is 6. The zero-order valence-corrected chi connectivity index (χ0v) is 14.7. The third kappa shape index (κ3) is 4.28. The zero-order valence-electron chi connectivity index (χ0n) is 14.7. The number of nitrogens with one attached hydrogen (secondary N) is 2. The maximum atomic E-state index is 12.4. The molecule has 130 valence electrons. The average molecular weight is 328 g/mol. The molecule has 1 aliphatic carbocycles. The second kappa shape index (κ2) is 7.69. The fourth-order valence-corrected chi connectivity index (χ4v) is 3.11. The van der Waals surface area contributed by atoms with Crippen LogP contribution in [0.4, 0.5) is 0 Å². The molecule has 1 aliphatic heterocycles. The maximum Gasteiger partial charge on any atom is 0.223 e. The third-order valence-corrected chi connectivity index (χ3v) is 4.79. The summed E-state index contributed by atoms with van der Waals surface area (Å²) >= 11 is 0. The topological polar surface area (TPSA) is 56.7 Å². The van der Waals surface area contributed by atoms with E-state index in [0.29, 0.717) is 19.0 Å². The van der Waals surface area contributed by atoms with Crippen molar-refractivity contribution in [2.75, 3.05) is 13.1 Å². The van der Waals surface area contributed by atoms with Gasteiger partial charge in [0.2, 0.25) is 5.91 Å². The lowest BCUT2D eigenvalue weighted by Crippen LogP contribution is -2.39. The van der Waals surface area contributed by atoms with Gasteiger partial charge < -0.3 is 15.5 Å². The Morgan fingerprint density at radius 3 is 2.54 bits per heavy atom. The van der Waals surface area contributed by atoms with Crippen LogP contribution in [-0.2, 0) is 17.9 Å². The van der Waals surface area contributed by atoms with Crippen LogP contribution in [0, 0.1) is 5.92 Å². The summed E-state index contributed by atoms with van der Waals surface area (Å²) in [5.41, 5.74) is 2.56. The molecule has 5 heteroatoms. The molecular weight excluding hydrogens is 300 g/mol. The number of carbonyl (C=O) groups is 1. The minimum Gasteiger partial charge on any atom is -0.357 e. The van der Waals surface area contributed by atoms with Gasteiger partial charge in [-0.05, 0) is 36.8 Å². The lowest BCUT2D eigenvalue weighted by Gasteiger charge is -2.15. The van der Waals surface area contributed by atoms with Gasteiger partial charge in [0.15, 0.2) is 5.96 Å². The van der Waals surface area contributed by atoms with Crippen molar-refractivity contribution in [3.63, 3.8) is 0 Å². The highest BCUT2D eigenvalue weighted by atomic mass is 16.2. The van der Waals surface area contributed by atoms with E-state index in [-0.39, 0.29) is 5.91 Å². The van der Waals surface area contributed by atoms with E-state index in [1.807, 2.05) is 17.0 Å². The van der Waals surface area contributed by atoms with Crippen molar-refractivity contribution in [1.82, 2.24) is 15.5 Å². The summed E-state index contributed by atoms with van der Waals surface area (Å²) in [6, 6.07) is 8.86. The standard InChI is InChI=1S/C19H28N4O/c1-3-20-19(22-17-11-14(17)2)21-10-6-9-18(24)23-12-15-7-4-5-8-16(15)13-23/h4-5,7-8,14,17H,3,6,9-13H2,1-2H3,(H2,20,21,22). The molecule has 2 atom stereocenters. The van der Waals surface area contributed by atoms with Crippen molar-refractivity contribution in [2.24, 2.45) is 10.9 Å². The van der Waals surface area contributed by atoms with Gasteiger partial charge in [-0.1, -0.05) is 31.2 Å². The van der Waals surface area contributed by atoms with Crippen LogP contribution in [-0.4, -0.2) is 35.9 Å². The van der Waals surface area contributed by atoms with E-state index in [0.717, 1.165) is 37.9 Å². The second-order valence-electron chi connectivity index (χ2n) is 6.85. The monoisotopic (exact) mass is 328 g/mol. The highest BCUT2D eigenvalue weighted by Crippen LogP contribution is 2.28. The molecule has 0 radical (unpaired) electrons. The highest BCUT2D eigenvalue weighted by Gasteiger charge is 2.33. The fraction of sp³-hybridized carbons (Fsp3) is 0.579. The SMILES string of the molecule is CCNC(=NCCCC(=O)N1Cc2ccccc2C1)NC1CC1C. The molecule has 1 aromatic rings. The lowest BCUT2D eigenvalue weighted by molar-refractivity contribution is -0.131. The summed E-state index contributed by atoms with van der Waals surface area (Å²) in [4.78, 5) is 18.9. The molecule has 3 rings (SSSR count). The second-order valence-corrected chi connectivity index (χ2v) is 6.85. The van der Waals surface area contributed by atoms with E-state index in [1.165, 1.54) is 17.5 Å². The molecular formula is C19H28N4O. The molecule has 1 heterocycles.